The van der Waals surface area contributed by atoms with Crippen molar-refractivity contribution in [2.24, 2.45) is 0 Å². The summed E-state index contributed by atoms with van der Waals surface area (Å²) >= 11 is 4.72. The van der Waals surface area contributed by atoms with Gasteiger partial charge in [-0.1, -0.05) is 26.5 Å². The lowest BCUT2D eigenvalue weighted by atomic mass is 10.3. The maximum Gasteiger partial charge on any atom is 0.136 e. The van der Waals surface area contributed by atoms with E-state index in [1.165, 1.54) is 11.5 Å². The number of anilines is 1. The molecule has 1 aromatic heterocycles. The number of hydrogen-bond acceptors (Lipinski definition) is 5. The van der Waals surface area contributed by atoms with Crippen LogP contribution >= 0.6 is 27.5 Å². The van der Waals surface area contributed by atoms with Crippen molar-refractivity contribution in [2.75, 3.05) is 12.4 Å². The van der Waals surface area contributed by atoms with Crippen LogP contribution in [-0.4, -0.2) is 16.6 Å². The number of ether oxygens (including phenoxy) is 1. The Labute approximate surface area is 106 Å². The van der Waals surface area contributed by atoms with Crippen LogP contribution in [0, 0.1) is 0 Å². The van der Waals surface area contributed by atoms with E-state index < -0.39 is 0 Å². The van der Waals surface area contributed by atoms with Crippen molar-refractivity contribution in [2.45, 2.75) is 6.61 Å². The van der Waals surface area contributed by atoms with Gasteiger partial charge in [-0.25, -0.2) is 0 Å². The Morgan fingerprint density at radius 3 is 3.12 bits per heavy atom. The Bertz CT molecular complexity index is 475. The van der Waals surface area contributed by atoms with Crippen LogP contribution in [0.5, 0.6) is 5.75 Å². The molecule has 1 aromatic carbocycles. The third-order valence-electron chi connectivity index (χ3n) is 1.95. The predicted octanol–water partition coefficient (Wildman–Crippen LogP) is 2.92. The molecule has 1 N–H and O–H groups in total. The maximum atomic E-state index is 5.61. The monoisotopic (exact) mass is 299 g/mol. The Balaban J connectivity index is 2.02. The third-order valence-corrected chi connectivity index (χ3v) is 3.23. The Morgan fingerprint density at radius 1 is 1.50 bits per heavy atom. The minimum Gasteiger partial charge on any atom is -0.487 e. The van der Waals surface area contributed by atoms with E-state index in [9.17, 15) is 0 Å². The molecule has 84 valence electrons. The van der Waals surface area contributed by atoms with Crippen LogP contribution in [0.25, 0.3) is 0 Å². The zero-order chi connectivity index (χ0) is 11.4. The fraction of sp³-hybridized carbons (Fsp3) is 0.200. The SMILES string of the molecule is CNc1snnc1COc1cccc(Br)c1. The van der Waals surface area contributed by atoms with Gasteiger partial charge < -0.3 is 10.1 Å². The smallest absolute Gasteiger partial charge is 0.136 e. The molecule has 0 fully saturated rings. The van der Waals surface area contributed by atoms with Crippen molar-refractivity contribution in [1.82, 2.24) is 9.59 Å². The number of halogens is 1. The van der Waals surface area contributed by atoms with E-state index in [2.05, 4.69) is 30.8 Å². The molecule has 0 saturated carbocycles. The molecule has 2 rings (SSSR count). The highest BCUT2D eigenvalue weighted by molar-refractivity contribution is 9.10. The van der Waals surface area contributed by atoms with E-state index in [4.69, 9.17) is 4.74 Å². The fourth-order valence-corrected chi connectivity index (χ4v) is 2.10. The molecule has 0 aliphatic heterocycles. The molecule has 2 aromatic rings. The average molecular weight is 300 g/mol. The molecule has 1 heterocycles. The van der Waals surface area contributed by atoms with Gasteiger partial charge in [0, 0.05) is 23.1 Å². The lowest BCUT2D eigenvalue weighted by Crippen LogP contribution is -1.99. The number of rotatable bonds is 4. The number of aromatic nitrogens is 2. The lowest BCUT2D eigenvalue weighted by Gasteiger charge is -2.05. The summed E-state index contributed by atoms with van der Waals surface area (Å²) in [5.74, 6) is 0.810. The molecule has 6 heteroatoms. The van der Waals surface area contributed by atoms with Crippen LogP contribution in [0.2, 0.25) is 0 Å². The molecule has 0 aliphatic carbocycles. The van der Waals surface area contributed by atoms with Gasteiger partial charge in [-0.3, -0.25) is 0 Å². The van der Waals surface area contributed by atoms with E-state index in [1.807, 2.05) is 31.3 Å². The van der Waals surface area contributed by atoms with Crippen LogP contribution in [0.4, 0.5) is 5.00 Å². The first-order chi connectivity index (χ1) is 7.79. The quantitative estimate of drug-likeness (QED) is 0.943. The topological polar surface area (TPSA) is 47.0 Å². The van der Waals surface area contributed by atoms with Crippen molar-refractivity contribution < 1.29 is 4.74 Å². The number of nitrogens with one attached hydrogen (secondary N) is 1. The molecule has 0 atom stereocenters. The van der Waals surface area contributed by atoms with Crippen LogP contribution in [0.1, 0.15) is 5.69 Å². The highest BCUT2D eigenvalue weighted by Crippen LogP contribution is 2.21. The van der Waals surface area contributed by atoms with Gasteiger partial charge in [-0.05, 0) is 18.2 Å². The fourth-order valence-electron chi connectivity index (χ4n) is 1.20. The molecule has 0 aliphatic rings. The summed E-state index contributed by atoms with van der Waals surface area (Å²) in [5, 5.41) is 7.96. The molecular weight excluding hydrogens is 290 g/mol. The van der Waals surface area contributed by atoms with Gasteiger partial charge >= 0.3 is 0 Å². The summed E-state index contributed by atoms with van der Waals surface area (Å²) in [4.78, 5) is 0. The molecule has 0 amide bonds. The zero-order valence-corrected chi connectivity index (χ0v) is 11.0. The summed E-state index contributed by atoms with van der Waals surface area (Å²) in [5.41, 5.74) is 0.826. The number of nitrogens with zero attached hydrogens (tertiary/aromatic N) is 2. The molecule has 4 nitrogen and oxygen atoms in total. The Kier molecular flexibility index (Phi) is 3.74. The zero-order valence-electron chi connectivity index (χ0n) is 8.61. The van der Waals surface area contributed by atoms with Crippen molar-refractivity contribution in [3.8, 4) is 5.75 Å². The van der Waals surface area contributed by atoms with Gasteiger partial charge in [-0.2, -0.15) is 0 Å². The largest absolute Gasteiger partial charge is 0.487 e. The molecule has 0 saturated heterocycles. The average Bonchev–Trinajstić information content (AvgIpc) is 2.74. The van der Waals surface area contributed by atoms with Gasteiger partial charge in [0.2, 0.25) is 0 Å². The second-order valence-corrected chi connectivity index (χ2v) is 4.71. The normalized spacial score (nSPS) is 10.1. The first-order valence-corrected chi connectivity index (χ1v) is 6.23. The molecule has 16 heavy (non-hydrogen) atoms. The molecule has 0 spiro atoms. The highest BCUT2D eigenvalue weighted by atomic mass is 79.9. The lowest BCUT2D eigenvalue weighted by molar-refractivity contribution is 0.301. The van der Waals surface area contributed by atoms with E-state index in [0.29, 0.717) is 6.61 Å². The number of hydrogen-bond donors (Lipinski definition) is 1. The standard InChI is InChI=1S/C10H10BrN3OS/c1-12-10-9(13-14-16-10)6-15-8-4-2-3-7(11)5-8/h2-5,12H,6H2,1H3. The van der Waals surface area contributed by atoms with Crippen LogP contribution in [0.15, 0.2) is 28.7 Å². The van der Waals surface area contributed by atoms with Crippen molar-refractivity contribution in [1.29, 1.82) is 0 Å². The summed E-state index contributed by atoms with van der Waals surface area (Å²) in [6.45, 7) is 0.420. The molecule has 0 unspecified atom stereocenters. The van der Waals surface area contributed by atoms with E-state index >= 15 is 0 Å². The molecule has 0 bridgehead atoms. The Morgan fingerprint density at radius 2 is 2.38 bits per heavy atom. The second-order valence-electron chi connectivity index (χ2n) is 3.04. The summed E-state index contributed by atoms with van der Waals surface area (Å²) in [7, 11) is 1.85. The molecule has 0 radical (unpaired) electrons. The summed E-state index contributed by atoms with van der Waals surface area (Å²) in [6.07, 6.45) is 0. The first kappa shape index (κ1) is 11.3. The van der Waals surface area contributed by atoms with Crippen molar-refractivity contribution in [3.05, 3.63) is 34.4 Å². The van der Waals surface area contributed by atoms with Gasteiger partial charge in [0.25, 0.3) is 0 Å². The van der Waals surface area contributed by atoms with Gasteiger partial charge in [0.05, 0.1) is 0 Å². The predicted molar refractivity (Wildman–Crippen MR) is 67.9 cm³/mol. The second kappa shape index (κ2) is 5.27. The minimum atomic E-state index is 0.420. The van der Waals surface area contributed by atoms with Crippen LogP contribution < -0.4 is 10.1 Å². The van der Waals surface area contributed by atoms with Crippen molar-refractivity contribution in [3.63, 3.8) is 0 Å². The Hall–Kier alpha value is -1.14. The van der Waals surface area contributed by atoms with Crippen LogP contribution in [-0.2, 0) is 6.61 Å². The van der Waals surface area contributed by atoms with Crippen LogP contribution in [0.3, 0.4) is 0 Å². The maximum absolute atomic E-state index is 5.61. The summed E-state index contributed by atoms with van der Waals surface area (Å²) in [6, 6.07) is 7.70. The highest BCUT2D eigenvalue weighted by Gasteiger charge is 2.06. The van der Waals surface area contributed by atoms with Gasteiger partial charge in [0.15, 0.2) is 0 Å². The van der Waals surface area contributed by atoms with Gasteiger partial charge in [-0.15, -0.1) is 5.10 Å². The van der Waals surface area contributed by atoms with E-state index in [0.717, 1.165) is 20.9 Å². The summed E-state index contributed by atoms with van der Waals surface area (Å²) < 4.78 is 10.5. The number of benzene rings is 1. The molecular formula is C10H10BrN3OS. The van der Waals surface area contributed by atoms with E-state index in [1.54, 1.807) is 0 Å². The van der Waals surface area contributed by atoms with E-state index in [-0.39, 0.29) is 0 Å². The van der Waals surface area contributed by atoms with Crippen molar-refractivity contribution >= 4 is 32.5 Å². The third kappa shape index (κ3) is 2.70. The first-order valence-electron chi connectivity index (χ1n) is 4.67. The van der Waals surface area contributed by atoms with Gasteiger partial charge in [0.1, 0.15) is 23.1 Å². The minimum absolute atomic E-state index is 0.420.